The Hall–Kier alpha value is -2.81. The Morgan fingerprint density at radius 1 is 1.17 bits per heavy atom. The van der Waals surface area contributed by atoms with Gasteiger partial charge in [-0.25, -0.2) is 13.8 Å². The molecular weight excluding hydrogens is 394 g/mol. The molecule has 29 heavy (non-hydrogen) atoms. The number of halogens is 2. The zero-order valence-electron chi connectivity index (χ0n) is 16.8. The van der Waals surface area contributed by atoms with Gasteiger partial charge >= 0.3 is 0 Å². The minimum Gasteiger partial charge on any atom is -0.365 e. The minimum atomic E-state index is -2.12. The summed E-state index contributed by atoms with van der Waals surface area (Å²) in [6.45, 7) is 7.78. The third-order valence-corrected chi connectivity index (χ3v) is 4.60. The van der Waals surface area contributed by atoms with Crippen LogP contribution in [0.4, 0.5) is 26.2 Å². The van der Waals surface area contributed by atoms with E-state index >= 15 is 0 Å². The smallest absolute Gasteiger partial charge is 0.238 e. The summed E-state index contributed by atoms with van der Waals surface area (Å²) in [4.78, 5) is 16.7. The second kappa shape index (κ2) is 8.69. The lowest BCUT2D eigenvalue weighted by molar-refractivity contribution is 0.144. The van der Waals surface area contributed by atoms with E-state index in [4.69, 9.17) is 0 Å². The summed E-state index contributed by atoms with van der Waals surface area (Å²) < 4.78 is 22.7. The van der Waals surface area contributed by atoms with Gasteiger partial charge in [-0.2, -0.15) is 9.97 Å². The normalized spacial score (nSPS) is 11.6. The number of nitrogens with zero attached hydrogens (tertiary/aromatic N) is 3. The highest BCUT2D eigenvalue weighted by atomic mass is 32.1. The first-order chi connectivity index (χ1) is 13.7. The lowest BCUT2D eigenvalue weighted by Crippen LogP contribution is -2.27. The van der Waals surface area contributed by atoms with Crippen LogP contribution in [0.2, 0.25) is 0 Å². The second-order valence-corrected chi connectivity index (χ2v) is 8.36. The molecule has 154 valence electrons. The molecule has 4 aromatic rings. The standard InChI is InChI=1S/C17H18N6S.C3H6F2/c1-17(2,3)23-15-11-6-7-18-14(11)21-16(22-15)20-10-4-5-12-13(8-10)24-9-19-12;1-2-3(4)5/h4-9H,1-3H3,(H3,18,20,21,22,23);3H,2H2,1H3. The monoisotopic (exact) mass is 418 g/mol. The van der Waals surface area contributed by atoms with Crippen molar-refractivity contribution in [3.63, 3.8) is 0 Å². The predicted molar refractivity (Wildman–Crippen MR) is 116 cm³/mol. The number of aromatic nitrogens is 4. The van der Waals surface area contributed by atoms with Crippen LogP contribution in [0.1, 0.15) is 34.1 Å². The Bertz CT molecular complexity index is 1080. The molecule has 0 radical (unpaired) electrons. The number of H-pyrrole nitrogens is 1. The van der Waals surface area contributed by atoms with E-state index in [1.807, 2.05) is 29.9 Å². The van der Waals surface area contributed by atoms with E-state index in [1.165, 1.54) is 6.92 Å². The van der Waals surface area contributed by atoms with Crippen LogP contribution in [-0.2, 0) is 0 Å². The van der Waals surface area contributed by atoms with Gasteiger partial charge in [0.2, 0.25) is 12.4 Å². The van der Waals surface area contributed by atoms with E-state index in [9.17, 15) is 8.78 Å². The number of anilines is 3. The highest BCUT2D eigenvalue weighted by molar-refractivity contribution is 7.16. The van der Waals surface area contributed by atoms with E-state index in [1.54, 1.807) is 11.3 Å². The van der Waals surface area contributed by atoms with Crippen LogP contribution < -0.4 is 10.6 Å². The lowest BCUT2D eigenvalue weighted by Gasteiger charge is -2.22. The first kappa shape index (κ1) is 20.9. The van der Waals surface area contributed by atoms with Gasteiger partial charge in [-0.15, -0.1) is 11.3 Å². The van der Waals surface area contributed by atoms with Crippen molar-refractivity contribution in [1.29, 1.82) is 0 Å². The Kier molecular flexibility index (Phi) is 6.26. The van der Waals surface area contributed by atoms with Crippen molar-refractivity contribution in [2.24, 2.45) is 0 Å². The fraction of sp³-hybridized carbons (Fsp3) is 0.350. The largest absolute Gasteiger partial charge is 0.365 e. The van der Waals surface area contributed by atoms with Crippen LogP contribution in [0.5, 0.6) is 0 Å². The maximum Gasteiger partial charge on any atom is 0.238 e. The summed E-state index contributed by atoms with van der Waals surface area (Å²) in [6, 6.07) is 8.03. The van der Waals surface area contributed by atoms with Crippen LogP contribution in [0.15, 0.2) is 36.0 Å². The minimum absolute atomic E-state index is 0.0278. The number of hydrogen-bond donors (Lipinski definition) is 3. The highest BCUT2D eigenvalue weighted by Crippen LogP contribution is 2.27. The van der Waals surface area contributed by atoms with Crippen molar-refractivity contribution in [2.45, 2.75) is 46.1 Å². The SMILES string of the molecule is CC(C)(C)Nc1nc(Nc2ccc3ncsc3c2)nc2[nH]ccc12.CCC(F)F. The number of hydrogen-bond acceptors (Lipinski definition) is 6. The first-order valence-corrected chi connectivity index (χ1v) is 10.1. The van der Waals surface area contributed by atoms with Gasteiger partial charge in [0.05, 0.1) is 21.1 Å². The molecule has 4 rings (SSSR count). The van der Waals surface area contributed by atoms with Crippen molar-refractivity contribution < 1.29 is 8.78 Å². The summed E-state index contributed by atoms with van der Waals surface area (Å²) >= 11 is 1.62. The van der Waals surface area contributed by atoms with Crippen LogP contribution in [0, 0.1) is 0 Å². The van der Waals surface area contributed by atoms with Gasteiger partial charge in [-0.05, 0) is 45.0 Å². The maximum atomic E-state index is 10.8. The molecular formula is C20H24F2N6S. The van der Waals surface area contributed by atoms with E-state index < -0.39 is 6.43 Å². The quantitative estimate of drug-likeness (QED) is 0.369. The summed E-state index contributed by atoms with van der Waals surface area (Å²) in [5.74, 6) is 1.37. The highest BCUT2D eigenvalue weighted by Gasteiger charge is 2.15. The number of fused-ring (bicyclic) bond motifs is 2. The molecule has 0 amide bonds. The van der Waals surface area contributed by atoms with Crippen LogP contribution >= 0.6 is 11.3 Å². The first-order valence-electron chi connectivity index (χ1n) is 9.27. The topological polar surface area (TPSA) is 78.5 Å². The van der Waals surface area contributed by atoms with Crippen molar-refractivity contribution >= 4 is 50.0 Å². The average molecular weight is 419 g/mol. The molecule has 3 N–H and O–H groups in total. The summed E-state index contributed by atoms with van der Waals surface area (Å²) in [5.41, 5.74) is 4.51. The van der Waals surface area contributed by atoms with Crippen LogP contribution in [0.25, 0.3) is 21.3 Å². The number of aromatic amines is 1. The predicted octanol–water partition coefficient (Wildman–Crippen LogP) is 6.18. The fourth-order valence-corrected chi connectivity index (χ4v) is 3.23. The summed E-state index contributed by atoms with van der Waals surface area (Å²) in [6.07, 6.45) is -0.268. The molecule has 0 saturated heterocycles. The van der Waals surface area contributed by atoms with Crippen molar-refractivity contribution in [2.75, 3.05) is 10.6 Å². The Labute approximate surface area is 171 Å². The Morgan fingerprint density at radius 3 is 2.62 bits per heavy atom. The van der Waals surface area contributed by atoms with E-state index in [-0.39, 0.29) is 12.0 Å². The van der Waals surface area contributed by atoms with E-state index in [0.29, 0.717) is 5.95 Å². The molecule has 9 heteroatoms. The van der Waals surface area contributed by atoms with Gasteiger partial charge in [0, 0.05) is 23.8 Å². The third kappa shape index (κ3) is 5.60. The van der Waals surface area contributed by atoms with Gasteiger partial charge in [-0.3, -0.25) is 0 Å². The fourth-order valence-electron chi connectivity index (χ4n) is 2.51. The number of rotatable bonds is 4. The maximum absolute atomic E-state index is 10.8. The van der Waals surface area contributed by atoms with Gasteiger partial charge in [-0.1, -0.05) is 6.92 Å². The molecule has 0 unspecified atom stereocenters. The van der Waals surface area contributed by atoms with Gasteiger partial charge in [0.15, 0.2) is 0 Å². The number of nitrogens with one attached hydrogen (secondary N) is 3. The van der Waals surface area contributed by atoms with Crippen molar-refractivity contribution in [1.82, 2.24) is 19.9 Å². The van der Waals surface area contributed by atoms with Crippen molar-refractivity contribution in [3.05, 3.63) is 36.0 Å². The molecule has 0 aliphatic carbocycles. The molecule has 0 spiro atoms. The average Bonchev–Trinajstić information content (AvgIpc) is 3.29. The Morgan fingerprint density at radius 2 is 1.93 bits per heavy atom. The summed E-state index contributed by atoms with van der Waals surface area (Å²) in [7, 11) is 0. The third-order valence-electron chi connectivity index (χ3n) is 3.81. The molecule has 0 atom stereocenters. The molecule has 1 aromatic carbocycles. The van der Waals surface area contributed by atoms with Gasteiger partial charge < -0.3 is 15.6 Å². The number of alkyl halides is 2. The number of thiazole rings is 1. The summed E-state index contributed by atoms with van der Waals surface area (Å²) in [5, 5.41) is 7.71. The Balaban J connectivity index is 0.000000431. The zero-order valence-corrected chi connectivity index (χ0v) is 17.6. The molecule has 0 saturated carbocycles. The molecule has 3 aromatic heterocycles. The second-order valence-electron chi connectivity index (χ2n) is 7.47. The van der Waals surface area contributed by atoms with Crippen molar-refractivity contribution in [3.8, 4) is 0 Å². The van der Waals surface area contributed by atoms with Gasteiger partial charge in [0.25, 0.3) is 0 Å². The molecule has 0 bridgehead atoms. The zero-order chi connectivity index (χ0) is 21.0. The molecule has 0 fully saturated rings. The number of benzene rings is 1. The molecule has 0 aliphatic rings. The van der Waals surface area contributed by atoms with Gasteiger partial charge in [0.1, 0.15) is 11.5 Å². The lowest BCUT2D eigenvalue weighted by atomic mass is 10.1. The molecule has 0 aliphatic heterocycles. The molecule has 6 nitrogen and oxygen atoms in total. The molecule has 3 heterocycles. The van der Waals surface area contributed by atoms with E-state index in [0.717, 1.165) is 32.8 Å². The van der Waals surface area contributed by atoms with Crippen LogP contribution in [-0.4, -0.2) is 31.9 Å². The van der Waals surface area contributed by atoms with E-state index in [2.05, 4.69) is 57.4 Å². The van der Waals surface area contributed by atoms with Crippen LogP contribution in [0.3, 0.4) is 0 Å².